The lowest BCUT2D eigenvalue weighted by molar-refractivity contribution is -0.134. The summed E-state index contributed by atoms with van der Waals surface area (Å²) in [5, 5.41) is 26.4. The number of piperazine rings is 1. The Kier molecular flexibility index (Phi) is 8.54. The summed E-state index contributed by atoms with van der Waals surface area (Å²) in [5.41, 5.74) is 5.41. The Hall–Kier alpha value is -4.87. The lowest BCUT2D eigenvalue weighted by Crippen LogP contribution is -2.45. The summed E-state index contributed by atoms with van der Waals surface area (Å²) in [7, 11) is 0. The number of rotatable bonds is 6. The van der Waals surface area contributed by atoms with Gasteiger partial charge in [-0.1, -0.05) is 48.5 Å². The number of carboxylic acids is 2. The van der Waals surface area contributed by atoms with Gasteiger partial charge in [-0.25, -0.2) is 9.59 Å². The van der Waals surface area contributed by atoms with Crippen molar-refractivity contribution in [3.63, 3.8) is 0 Å². The van der Waals surface area contributed by atoms with E-state index in [1.165, 1.54) is 16.6 Å². The van der Waals surface area contributed by atoms with Crippen molar-refractivity contribution in [1.82, 2.24) is 9.47 Å². The summed E-state index contributed by atoms with van der Waals surface area (Å²) in [6.07, 6.45) is 3.33. The second-order valence-electron chi connectivity index (χ2n) is 8.78. The van der Waals surface area contributed by atoms with Crippen LogP contribution in [0.4, 0.5) is 5.69 Å². The van der Waals surface area contributed by atoms with Gasteiger partial charge in [0.05, 0.1) is 16.8 Å². The highest BCUT2D eigenvalue weighted by molar-refractivity contribution is 5.89. The molecule has 1 aliphatic rings. The van der Waals surface area contributed by atoms with Crippen molar-refractivity contribution in [2.75, 3.05) is 31.1 Å². The summed E-state index contributed by atoms with van der Waals surface area (Å²) >= 11 is 0. The van der Waals surface area contributed by atoms with Crippen molar-refractivity contribution >= 4 is 28.5 Å². The fourth-order valence-electron chi connectivity index (χ4n) is 4.54. The molecular formula is C30H28N4O4. The van der Waals surface area contributed by atoms with Gasteiger partial charge in [0.15, 0.2) is 0 Å². The average molecular weight is 509 g/mol. The minimum Gasteiger partial charge on any atom is -0.478 e. The number of nitriles is 1. The number of carboxylic acid groups (broad SMARTS) is 2. The normalized spacial score (nSPS) is 13.6. The van der Waals surface area contributed by atoms with Crippen LogP contribution in [-0.4, -0.2) is 57.8 Å². The van der Waals surface area contributed by atoms with E-state index < -0.39 is 11.9 Å². The molecule has 0 bridgehead atoms. The molecule has 8 nitrogen and oxygen atoms in total. The molecule has 8 heteroatoms. The number of hydrogen-bond donors (Lipinski definition) is 2. The van der Waals surface area contributed by atoms with Crippen molar-refractivity contribution in [3.8, 4) is 11.8 Å². The van der Waals surface area contributed by atoms with Gasteiger partial charge >= 0.3 is 11.9 Å². The average Bonchev–Trinajstić information content (AvgIpc) is 3.31. The Morgan fingerprint density at radius 2 is 1.42 bits per heavy atom. The zero-order valence-corrected chi connectivity index (χ0v) is 20.8. The van der Waals surface area contributed by atoms with Crippen molar-refractivity contribution in [3.05, 3.63) is 108 Å². The number of carbonyl (C=O) groups is 2. The lowest BCUT2D eigenvalue weighted by atomic mass is 10.1. The van der Waals surface area contributed by atoms with E-state index >= 15 is 0 Å². The van der Waals surface area contributed by atoms with Crippen molar-refractivity contribution in [1.29, 1.82) is 5.26 Å². The van der Waals surface area contributed by atoms with Crippen LogP contribution in [0.25, 0.3) is 16.6 Å². The Morgan fingerprint density at radius 1 is 0.816 bits per heavy atom. The maximum atomic E-state index is 9.56. The largest absolute Gasteiger partial charge is 0.478 e. The highest BCUT2D eigenvalue weighted by Crippen LogP contribution is 2.28. The number of para-hydroxylation sites is 3. The quantitative estimate of drug-likeness (QED) is 0.368. The standard InChI is InChI=1S/C26H24N4.C4H4O4/c27-18-21-8-4-6-12-25(21)30-20-22(24-11-5-7-13-26(24)30)19-28-14-16-29(17-15-28)23-9-2-1-3-10-23;5-3(6)1-2-4(7)8/h1-13,20H,14-17,19H2;1-2H,(H,5,6)(H,7,8)/b;2-1+. The first-order valence-corrected chi connectivity index (χ1v) is 12.2. The van der Waals surface area contributed by atoms with Crippen LogP contribution >= 0.6 is 0 Å². The molecule has 2 N–H and O–H groups in total. The molecule has 0 amide bonds. The van der Waals surface area contributed by atoms with Gasteiger partial charge < -0.3 is 19.7 Å². The molecule has 0 aliphatic carbocycles. The van der Waals surface area contributed by atoms with Gasteiger partial charge in [0.25, 0.3) is 0 Å². The van der Waals surface area contributed by atoms with Gasteiger partial charge in [-0.2, -0.15) is 5.26 Å². The molecule has 192 valence electrons. The third kappa shape index (κ3) is 6.46. The van der Waals surface area contributed by atoms with Gasteiger partial charge in [0.2, 0.25) is 0 Å². The zero-order valence-electron chi connectivity index (χ0n) is 20.8. The maximum Gasteiger partial charge on any atom is 0.328 e. The smallest absolute Gasteiger partial charge is 0.328 e. The number of anilines is 1. The summed E-state index contributed by atoms with van der Waals surface area (Å²) in [4.78, 5) is 24.1. The van der Waals surface area contributed by atoms with Crippen LogP contribution in [0, 0.1) is 11.3 Å². The molecule has 5 rings (SSSR count). The zero-order chi connectivity index (χ0) is 26.9. The SMILES string of the molecule is N#Cc1ccccc1-n1cc(CN2CCN(c3ccccc3)CC2)c2ccccc21.O=C(O)/C=C/C(=O)O. The number of aliphatic carboxylic acids is 2. The Bertz CT molecular complexity index is 1460. The van der Waals surface area contributed by atoms with Crippen LogP contribution in [-0.2, 0) is 16.1 Å². The van der Waals surface area contributed by atoms with E-state index in [4.69, 9.17) is 10.2 Å². The number of hydrogen-bond acceptors (Lipinski definition) is 5. The second kappa shape index (κ2) is 12.4. The fourth-order valence-corrected chi connectivity index (χ4v) is 4.54. The Labute approximate surface area is 220 Å². The second-order valence-corrected chi connectivity index (χ2v) is 8.78. The lowest BCUT2D eigenvalue weighted by Gasteiger charge is -2.36. The van der Waals surface area contributed by atoms with Crippen LogP contribution < -0.4 is 4.90 Å². The van der Waals surface area contributed by atoms with Crippen LogP contribution in [0.2, 0.25) is 0 Å². The summed E-state index contributed by atoms with van der Waals surface area (Å²) in [6, 6.07) is 29.3. The molecule has 1 aliphatic heterocycles. The third-order valence-electron chi connectivity index (χ3n) is 6.33. The Morgan fingerprint density at radius 3 is 2.08 bits per heavy atom. The molecule has 2 heterocycles. The van der Waals surface area contributed by atoms with E-state index in [1.54, 1.807) is 0 Å². The third-order valence-corrected chi connectivity index (χ3v) is 6.33. The van der Waals surface area contributed by atoms with E-state index in [-0.39, 0.29) is 0 Å². The minimum atomic E-state index is -1.26. The first-order chi connectivity index (χ1) is 18.5. The summed E-state index contributed by atoms with van der Waals surface area (Å²) < 4.78 is 2.17. The van der Waals surface area contributed by atoms with Crippen LogP contribution in [0.5, 0.6) is 0 Å². The summed E-state index contributed by atoms with van der Waals surface area (Å²) in [6.45, 7) is 5.09. The van der Waals surface area contributed by atoms with E-state index in [0.29, 0.717) is 17.7 Å². The molecule has 38 heavy (non-hydrogen) atoms. The van der Waals surface area contributed by atoms with Crippen molar-refractivity contribution in [2.24, 2.45) is 0 Å². The molecule has 0 unspecified atom stereocenters. The number of fused-ring (bicyclic) bond motifs is 1. The van der Waals surface area contributed by atoms with E-state index in [1.807, 2.05) is 24.3 Å². The molecule has 1 saturated heterocycles. The van der Waals surface area contributed by atoms with Gasteiger partial charge in [-0.15, -0.1) is 0 Å². The highest BCUT2D eigenvalue weighted by atomic mass is 16.4. The first-order valence-electron chi connectivity index (χ1n) is 12.2. The van der Waals surface area contributed by atoms with Crippen LogP contribution in [0.15, 0.2) is 97.2 Å². The van der Waals surface area contributed by atoms with Gasteiger partial charge in [0, 0.05) is 62.1 Å². The molecule has 1 aromatic heterocycles. The topological polar surface area (TPSA) is 110 Å². The van der Waals surface area contributed by atoms with E-state index in [9.17, 15) is 14.9 Å². The molecule has 4 aromatic rings. The van der Waals surface area contributed by atoms with Crippen LogP contribution in [0.1, 0.15) is 11.1 Å². The molecule has 0 atom stereocenters. The number of nitrogens with zero attached hydrogens (tertiary/aromatic N) is 4. The fraction of sp³-hybridized carbons (Fsp3) is 0.167. The molecular weight excluding hydrogens is 480 g/mol. The molecule has 0 spiro atoms. The van der Waals surface area contributed by atoms with Crippen LogP contribution in [0.3, 0.4) is 0 Å². The molecule has 0 radical (unpaired) electrons. The van der Waals surface area contributed by atoms with Crippen molar-refractivity contribution in [2.45, 2.75) is 6.54 Å². The summed E-state index contributed by atoms with van der Waals surface area (Å²) in [5.74, 6) is -2.51. The number of aromatic nitrogens is 1. The number of benzene rings is 3. The first kappa shape index (κ1) is 26.2. The van der Waals surface area contributed by atoms with Crippen molar-refractivity contribution < 1.29 is 19.8 Å². The van der Waals surface area contributed by atoms with E-state index in [2.05, 4.69) is 81.2 Å². The Balaban J connectivity index is 0.000000368. The molecule has 3 aromatic carbocycles. The molecule has 1 fully saturated rings. The predicted octanol–water partition coefficient (Wildman–Crippen LogP) is 4.54. The monoisotopic (exact) mass is 508 g/mol. The van der Waals surface area contributed by atoms with Gasteiger partial charge in [0.1, 0.15) is 6.07 Å². The minimum absolute atomic E-state index is 0.558. The van der Waals surface area contributed by atoms with E-state index in [0.717, 1.165) is 43.9 Å². The van der Waals surface area contributed by atoms with Gasteiger partial charge in [-0.3, -0.25) is 4.90 Å². The molecule has 0 saturated carbocycles. The van der Waals surface area contributed by atoms with Gasteiger partial charge in [-0.05, 0) is 35.9 Å². The highest BCUT2D eigenvalue weighted by Gasteiger charge is 2.19. The predicted molar refractivity (Wildman–Crippen MR) is 146 cm³/mol. The maximum absolute atomic E-state index is 9.56.